The van der Waals surface area contributed by atoms with Crippen molar-refractivity contribution < 1.29 is 14.6 Å². The van der Waals surface area contributed by atoms with Gasteiger partial charge in [0.05, 0.1) is 30.7 Å². The van der Waals surface area contributed by atoms with Crippen molar-refractivity contribution in [3.05, 3.63) is 23.8 Å². The highest BCUT2D eigenvalue weighted by atomic mass is 16.5. The first-order valence-corrected chi connectivity index (χ1v) is 7.21. The molecule has 0 aromatic heterocycles. The second-order valence-corrected chi connectivity index (χ2v) is 5.17. The maximum atomic E-state index is 11.6. The summed E-state index contributed by atoms with van der Waals surface area (Å²) in [5, 5.41) is 9.04. The molecule has 6 heteroatoms. The lowest BCUT2D eigenvalue weighted by Gasteiger charge is -2.25. The van der Waals surface area contributed by atoms with E-state index in [9.17, 15) is 4.79 Å². The number of aliphatic hydroxyl groups is 1. The fraction of sp³-hybridized carbons (Fsp3) is 0.533. The number of hydrogen-bond acceptors (Lipinski definition) is 6. The van der Waals surface area contributed by atoms with Crippen molar-refractivity contribution in [3.8, 4) is 0 Å². The molecule has 0 bridgehead atoms. The number of nitrogens with two attached hydrogens (primary N) is 1. The van der Waals surface area contributed by atoms with Crippen molar-refractivity contribution >= 4 is 17.3 Å². The Kier molecular flexibility index (Phi) is 5.41. The number of ether oxygens (including phenoxy) is 1. The minimum atomic E-state index is -0.354. The van der Waals surface area contributed by atoms with E-state index in [1.54, 1.807) is 18.2 Å². The van der Waals surface area contributed by atoms with Gasteiger partial charge in [0, 0.05) is 26.2 Å². The summed E-state index contributed by atoms with van der Waals surface area (Å²) in [6.45, 7) is 4.44. The maximum absolute atomic E-state index is 11.6. The molecule has 0 saturated carbocycles. The van der Waals surface area contributed by atoms with E-state index in [1.165, 1.54) is 7.11 Å². The molecule has 1 saturated heterocycles. The summed E-state index contributed by atoms with van der Waals surface area (Å²) < 4.78 is 4.76. The Balaban J connectivity index is 2.15. The van der Waals surface area contributed by atoms with Gasteiger partial charge in [-0.15, -0.1) is 0 Å². The topological polar surface area (TPSA) is 79.0 Å². The molecule has 0 aliphatic carbocycles. The predicted molar refractivity (Wildman–Crippen MR) is 82.5 cm³/mol. The van der Waals surface area contributed by atoms with Gasteiger partial charge in [-0.3, -0.25) is 4.90 Å². The van der Waals surface area contributed by atoms with E-state index in [0.29, 0.717) is 17.8 Å². The predicted octanol–water partition coefficient (Wildman–Crippen LogP) is 0.560. The van der Waals surface area contributed by atoms with Crippen LogP contribution in [0.25, 0.3) is 0 Å². The van der Waals surface area contributed by atoms with E-state index >= 15 is 0 Å². The van der Waals surface area contributed by atoms with Gasteiger partial charge in [0.2, 0.25) is 0 Å². The zero-order valence-corrected chi connectivity index (χ0v) is 12.4. The van der Waals surface area contributed by atoms with Gasteiger partial charge in [-0.2, -0.15) is 0 Å². The van der Waals surface area contributed by atoms with Crippen molar-refractivity contribution in [2.24, 2.45) is 0 Å². The van der Waals surface area contributed by atoms with Gasteiger partial charge in [0.15, 0.2) is 0 Å². The summed E-state index contributed by atoms with van der Waals surface area (Å²) in [5.74, 6) is -0.354. The Morgan fingerprint density at radius 2 is 2.14 bits per heavy atom. The number of benzene rings is 1. The van der Waals surface area contributed by atoms with Gasteiger partial charge in [-0.05, 0) is 31.2 Å². The van der Waals surface area contributed by atoms with Crippen LogP contribution >= 0.6 is 0 Å². The molecule has 1 aromatic rings. The normalized spacial score (nSPS) is 16.6. The van der Waals surface area contributed by atoms with Gasteiger partial charge in [0.1, 0.15) is 0 Å². The summed E-state index contributed by atoms with van der Waals surface area (Å²) in [6, 6.07) is 5.22. The quantitative estimate of drug-likeness (QED) is 0.624. The molecular weight excluding hydrogens is 270 g/mol. The molecule has 21 heavy (non-hydrogen) atoms. The average molecular weight is 293 g/mol. The summed E-state index contributed by atoms with van der Waals surface area (Å²) in [7, 11) is 1.37. The molecule has 1 aromatic carbocycles. The van der Waals surface area contributed by atoms with Gasteiger partial charge in [0.25, 0.3) is 0 Å². The third kappa shape index (κ3) is 3.86. The number of carbonyl (C=O) groups is 1. The number of anilines is 2. The number of aliphatic hydroxyl groups excluding tert-OH is 1. The molecule has 0 unspecified atom stereocenters. The van der Waals surface area contributed by atoms with Crippen molar-refractivity contribution in [2.75, 3.05) is 57.1 Å². The van der Waals surface area contributed by atoms with E-state index in [-0.39, 0.29) is 12.6 Å². The molecule has 1 heterocycles. The number of hydrogen-bond donors (Lipinski definition) is 2. The second kappa shape index (κ2) is 7.28. The summed E-state index contributed by atoms with van der Waals surface area (Å²) in [5.41, 5.74) is 8.11. The molecule has 1 aliphatic heterocycles. The lowest BCUT2D eigenvalue weighted by atomic mass is 10.1. The van der Waals surface area contributed by atoms with E-state index in [1.807, 2.05) is 0 Å². The van der Waals surface area contributed by atoms with E-state index in [4.69, 9.17) is 15.6 Å². The minimum absolute atomic E-state index is 0.181. The highest BCUT2D eigenvalue weighted by molar-refractivity contribution is 5.92. The van der Waals surface area contributed by atoms with Crippen LogP contribution in [-0.4, -0.2) is 62.4 Å². The lowest BCUT2D eigenvalue weighted by molar-refractivity contribution is 0.0601. The molecule has 116 valence electrons. The van der Waals surface area contributed by atoms with Crippen LogP contribution in [-0.2, 0) is 4.74 Å². The molecule has 0 radical (unpaired) electrons. The van der Waals surface area contributed by atoms with E-state index in [0.717, 1.165) is 38.3 Å². The molecule has 2 rings (SSSR count). The number of β-amino-alcohol motifs (C(OH)–C–C–N with tert-alkyl or cyclic N) is 1. The van der Waals surface area contributed by atoms with Crippen LogP contribution in [0.15, 0.2) is 18.2 Å². The SMILES string of the molecule is COC(=O)c1ccc(N)c(N2CCCN(CCO)CC2)c1. The van der Waals surface area contributed by atoms with Crippen molar-refractivity contribution in [1.82, 2.24) is 4.90 Å². The van der Waals surface area contributed by atoms with Gasteiger partial charge < -0.3 is 20.5 Å². The molecule has 3 N–H and O–H groups in total. The molecular formula is C15H23N3O3. The molecule has 6 nitrogen and oxygen atoms in total. The monoisotopic (exact) mass is 293 g/mol. The van der Waals surface area contributed by atoms with Crippen LogP contribution in [0.4, 0.5) is 11.4 Å². The Morgan fingerprint density at radius 3 is 2.86 bits per heavy atom. The zero-order chi connectivity index (χ0) is 15.2. The Hall–Kier alpha value is -1.79. The number of nitrogen functional groups attached to an aromatic ring is 1. The molecule has 0 amide bonds. The van der Waals surface area contributed by atoms with Crippen molar-refractivity contribution in [3.63, 3.8) is 0 Å². The van der Waals surface area contributed by atoms with Crippen LogP contribution in [0.3, 0.4) is 0 Å². The van der Waals surface area contributed by atoms with Crippen LogP contribution < -0.4 is 10.6 Å². The van der Waals surface area contributed by atoms with Crippen molar-refractivity contribution in [2.45, 2.75) is 6.42 Å². The molecule has 1 aliphatic rings. The van der Waals surface area contributed by atoms with Crippen LogP contribution in [0.5, 0.6) is 0 Å². The Morgan fingerprint density at radius 1 is 1.33 bits per heavy atom. The summed E-state index contributed by atoms with van der Waals surface area (Å²) in [6.07, 6.45) is 1.00. The summed E-state index contributed by atoms with van der Waals surface area (Å²) in [4.78, 5) is 16.1. The van der Waals surface area contributed by atoms with E-state index < -0.39 is 0 Å². The van der Waals surface area contributed by atoms with Gasteiger partial charge in [-0.1, -0.05) is 0 Å². The molecule has 0 atom stereocenters. The Labute approximate surface area is 125 Å². The minimum Gasteiger partial charge on any atom is -0.465 e. The fourth-order valence-corrected chi connectivity index (χ4v) is 2.64. The number of esters is 1. The van der Waals surface area contributed by atoms with Crippen LogP contribution in [0.1, 0.15) is 16.8 Å². The highest BCUT2D eigenvalue weighted by Gasteiger charge is 2.18. The first kappa shape index (κ1) is 15.6. The zero-order valence-electron chi connectivity index (χ0n) is 12.4. The second-order valence-electron chi connectivity index (χ2n) is 5.17. The smallest absolute Gasteiger partial charge is 0.337 e. The highest BCUT2D eigenvalue weighted by Crippen LogP contribution is 2.26. The number of rotatable bonds is 4. The standard InChI is InChI=1S/C15H23N3O3/c1-21-15(20)12-3-4-13(16)14(11-12)18-6-2-5-17(7-8-18)9-10-19/h3-4,11,19H,2,5-10,16H2,1H3. The largest absolute Gasteiger partial charge is 0.465 e. The number of nitrogens with zero attached hydrogens (tertiary/aromatic N) is 2. The average Bonchev–Trinajstić information content (AvgIpc) is 2.73. The number of methoxy groups -OCH3 is 1. The molecule has 1 fully saturated rings. The Bertz CT molecular complexity index is 493. The first-order chi connectivity index (χ1) is 10.2. The maximum Gasteiger partial charge on any atom is 0.337 e. The lowest BCUT2D eigenvalue weighted by Crippen LogP contribution is -2.32. The number of carbonyl (C=O) groups excluding carboxylic acids is 1. The van der Waals surface area contributed by atoms with E-state index in [2.05, 4.69) is 9.80 Å². The summed E-state index contributed by atoms with van der Waals surface area (Å²) >= 11 is 0. The third-order valence-corrected chi connectivity index (χ3v) is 3.80. The van der Waals surface area contributed by atoms with Crippen molar-refractivity contribution in [1.29, 1.82) is 0 Å². The molecule has 0 spiro atoms. The van der Waals surface area contributed by atoms with Crippen LogP contribution in [0, 0.1) is 0 Å². The first-order valence-electron chi connectivity index (χ1n) is 7.21. The third-order valence-electron chi connectivity index (χ3n) is 3.80. The fourth-order valence-electron chi connectivity index (χ4n) is 2.64. The van der Waals surface area contributed by atoms with Gasteiger partial charge in [-0.25, -0.2) is 4.79 Å². The van der Waals surface area contributed by atoms with Crippen LogP contribution in [0.2, 0.25) is 0 Å². The van der Waals surface area contributed by atoms with Gasteiger partial charge >= 0.3 is 5.97 Å².